The van der Waals surface area contributed by atoms with Gasteiger partial charge in [0.1, 0.15) is 17.5 Å². The lowest BCUT2D eigenvalue weighted by atomic mass is 9.95. The molecule has 0 atom stereocenters. The van der Waals surface area contributed by atoms with E-state index in [2.05, 4.69) is 10.3 Å². The zero-order valence-electron chi connectivity index (χ0n) is 19.9. The third kappa shape index (κ3) is 6.00. The van der Waals surface area contributed by atoms with E-state index in [1.54, 1.807) is 18.3 Å². The molecule has 35 heavy (non-hydrogen) atoms. The molecule has 2 saturated heterocycles. The van der Waals surface area contributed by atoms with Gasteiger partial charge in [-0.3, -0.25) is 9.59 Å². The third-order valence-electron chi connectivity index (χ3n) is 6.92. The molecule has 2 amide bonds. The molecule has 3 aromatic rings. The summed E-state index contributed by atoms with van der Waals surface area (Å²) >= 11 is 0. The Morgan fingerprint density at radius 2 is 1.80 bits per heavy atom. The average Bonchev–Trinajstić information content (AvgIpc) is 3.37. The van der Waals surface area contributed by atoms with Gasteiger partial charge >= 0.3 is 0 Å². The Bertz CT molecular complexity index is 1150. The second kappa shape index (κ2) is 10.9. The van der Waals surface area contributed by atoms with Crippen LogP contribution in [-0.4, -0.2) is 58.5 Å². The second-order valence-electron chi connectivity index (χ2n) is 9.39. The van der Waals surface area contributed by atoms with Gasteiger partial charge in [-0.05, 0) is 54.7 Å². The van der Waals surface area contributed by atoms with Gasteiger partial charge in [-0.25, -0.2) is 4.98 Å². The number of ether oxygens (including phenoxy) is 2. The van der Waals surface area contributed by atoms with E-state index in [0.29, 0.717) is 24.4 Å². The Morgan fingerprint density at radius 3 is 2.57 bits per heavy atom. The summed E-state index contributed by atoms with van der Waals surface area (Å²) in [5.74, 6) is 1.34. The molecule has 8 heteroatoms. The number of nitrogens with zero attached hydrogens (tertiary/aromatic N) is 3. The highest BCUT2D eigenvalue weighted by molar-refractivity contribution is 5.94. The molecule has 5 rings (SSSR count). The van der Waals surface area contributed by atoms with Gasteiger partial charge in [-0.1, -0.05) is 6.07 Å². The van der Waals surface area contributed by atoms with Gasteiger partial charge in [-0.15, -0.1) is 0 Å². The Hall–Kier alpha value is -3.39. The quantitative estimate of drug-likeness (QED) is 0.565. The topological polar surface area (TPSA) is 85.2 Å². The molecule has 0 saturated carbocycles. The van der Waals surface area contributed by atoms with Gasteiger partial charge in [0.25, 0.3) is 5.91 Å². The van der Waals surface area contributed by atoms with Crippen molar-refractivity contribution in [1.29, 1.82) is 0 Å². The Labute approximate surface area is 205 Å². The summed E-state index contributed by atoms with van der Waals surface area (Å²) in [4.78, 5) is 31.4. The maximum atomic E-state index is 12.6. The molecule has 0 bridgehead atoms. The minimum absolute atomic E-state index is 0.0832. The molecule has 1 aromatic carbocycles. The van der Waals surface area contributed by atoms with Crippen molar-refractivity contribution in [3.05, 3.63) is 66.1 Å². The van der Waals surface area contributed by atoms with Gasteiger partial charge in [0.15, 0.2) is 0 Å². The van der Waals surface area contributed by atoms with Crippen LogP contribution < -0.4 is 10.1 Å². The summed E-state index contributed by atoms with van der Waals surface area (Å²) in [6, 6.07) is 11.2. The van der Waals surface area contributed by atoms with Crippen LogP contribution in [0.15, 0.2) is 55.0 Å². The number of rotatable bonds is 7. The van der Waals surface area contributed by atoms with Crippen LogP contribution in [0.1, 0.15) is 48.0 Å². The summed E-state index contributed by atoms with van der Waals surface area (Å²) < 4.78 is 13.5. The van der Waals surface area contributed by atoms with Crippen molar-refractivity contribution in [2.45, 2.75) is 44.8 Å². The molecule has 4 heterocycles. The smallest absolute Gasteiger partial charge is 0.251 e. The zero-order chi connectivity index (χ0) is 24.0. The number of aromatic nitrogens is 2. The number of benzene rings is 1. The van der Waals surface area contributed by atoms with Crippen LogP contribution in [0.2, 0.25) is 0 Å². The Balaban J connectivity index is 1.06. The predicted molar refractivity (Wildman–Crippen MR) is 131 cm³/mol. The molecule has 0 aliphatic carbocycles. The van der Waals surface area contributed by atoms with E-state index < -0.39 is 0 Å². The number of fused-ring (bicyclic) bond motifs is 1. The SMILES string of the molecule is O=C(NCc1ccc2nccn2c1)c1ccc(OC2CCN(C(=O)CC3CCOCC3)CC2)cc1. The minimum Gasteiger partial charge on any atom is -0.490 e. The maximum absolute atomic E-state index is 12.6. The number of likely N-dealkylation sites (tertiary alicyclic amines) is 1. The van der Waals surface area contributed by atoms with Crippen LogP contribution >= 0.6 is 0 Å². The van der Waals surface area contributed by atoms with Gasteiger partial charge in [0, 0.05) is 76.3 Å². The van der Waals surface area contributed by atoms with Gasteiger partial charge < -0.3 is 24.1 Å². The number of imidazole rings is 1. The average molecular weight is 477 g/mol. The largest absolute Gasteiger partial charge is 0.490 e. The molecule has 8 nitrogen and oxygen atoms in total. The first-order valence-corrected chi connectivity index (χ1v) is 12.5. The number of hydrogen-bond donors (Lipinski definition) is 1. The number of amides is 2. The van der Waals surface area contributed by atoms with Gasteiger partial charge in [-0.2, -0.15) is 0 Å². The second-order valence-corrected chi connectivity index (χ2v) is 9.39. The molecular weight excluding hydrogens is 444 g/mol. The molecular formula is C27H32N4O4. The van der Waals surface area contributed by atoms with Crippen LogP contribution in [0.5, 0.6) is 5.75 Å². The maximum Gasteiger partial charge on any atom is 0.251 e. The molecule has 2 aliphatic heterocycles. The molecule has 2 aromatic heterocycles. The van der Waals surface area contributed by atoms with E-state index >= 15 is 0 Å². The first-order valence-electron chi connectivity index (χ1n) is 12.5. The van der Waals surface area contributed by atoms with E-state index in [4.69, 9.17) is 9.47 Å². The number of piperidine rings is 1. The van der Waals surface area contributed by atoms with Crippen LogP contribution in [0.25, 0.3) is 5.65 Å². The minimum atomic E-state index is -0.126. The fraction of sp³-hybridized carbons (Fsp3) is 0.444. The standard InChI is InChI=1S/C27H32N4O4/c32-26(17-20-9-15-34-16-10-20)30-12-7-24(8-13-30)35-23-4-2-22(3-5-23)27(33)29-18-21-1-6-25-28-11-14-31(25)19-21/h1-6,11,14,19-20,24H,7-10,12-13,15-18H2,(H,29,33). The van der Waals surface area contributed by atoms with E-state index in [9.17, 15) is 9.59 Å². The monoisotopic (exact) mass is 476 g/mol. The summed E-state index contributed by atoms with van der Waals surface area (Å²) in [5.41, 5.74) is 2.47. The summed E-state index contributed by atoms with van der Waals surface area (Å²) in [6.07, 6.45) is 9.93. The number of hydrogen-bond acceptors (Lipinski definition) is 5. The predicted octanol–water partition coefficient (Wildman–Crippen LogP) is 3.45. The highest BCUT2D eigenvalue weighted by Crippen LogP contribution is 2.23. The highest BCUT2D eigenvalue weighted by atomic mass is 16.5. The van der Waals surface area contributed by atoms with E-state index in [1.165, 1.54) is 0 Å². The number of pyridine rings is 1. The summed E-state index contributed by atoms with van der Waals surface area (Å²) in [6.45, 7) is 3.46. The first kappa shape index (κ1) is 23.4. The number of carbonyl (C=O) groups excluding carboxylic acids is 2. The van der Waals surface area contributed by atoms with Crippen molar-refractivity contribution in [2.24, 2.45) is 5.92 Å². The van der Waals surface area contributed by atoms with Crippen molar-refractivity contribution in [3.8, 4) is 5.75 Å². The Kier molecular flexibility index (Phi) is 7.28. The van der Waals surface area contributed by atoms with Crippen molar-refractivity contribution in [2.75, 3.05) is 26.3 Å². The summed E-state index contributed by atoms with van der Waals surface area (Å²) in [7, 11) is 0. The van der Waals surface area contributed by atoms with Crippen LogP contribution in [0.4, 0.5) is 0 Å². The highest BCUT2D eigenvalue weighted by Gasteiger charge is 2.26. The van der Waals surface area contributed by atoms with Crippen LogP contribution in [0.3, 0.4) is 0 Å². The van der Waals surface area contributed by atoms with Crippen LogP contribution in [0, 0.1) is 5.92 Å². The molecule has 184 valence electrons. The van der Waals surface area contributed by atoms with Crippen molar-refractivity contribution in [1.82, 2.24) is 19.6 Å². The molecule has 2 fully saturated rings. The lowest BCUT2D eigenvalue weighted by Crippen LogP contribution is -2.42. The lowest BCUT2D eigenvalue weighted by molar-refractivity contribution is -0.134. The first-order chi connectivity index (χ1) is 17.1. The molecule has 0 radical (unpaired) electrons. The van der Waals surface area contributed by atoms with E-state index in [0.717, 1.165) is 68.9 Å². The van der Waals surface area contributed by atoms with E-state index in [1.807, 2.05) is 46.0 Å². The van der Waals surface area contributed by atoms with Gasteiger partial charge in [0.2, 0.25) is 5.91 Å². The lowest BCUT2D eigenvalue weighted by Gasteiger charge is -2.33. The normalized spacial score (nSPS) is 17.4. The fourth-order valence-electron chi connectivity index (χ4n) is 4.78. The third-order valence-corrected chi connectivity index (χ3v) is 6.92. The molecule has 0 spiro atoms. The zero-order valence-corrected chi connectivity index (χ0v) is 19.9. The number of nitrogens with one attached hydrogen (secondary N) is 1. The fourth-order valence-corrected chi connectivity index (χ4v) is 4.78. The molecule has 0 unspecified atom stereocenters. The number of carbonyl (C=O) groups is 2. The molecule has 2 aliphatic rings. The van der Waals surface area contributed by atoms with Crippen LogP contribution in [-0.2, 0) is 16.1 Å². The van der Waals surface area contributed by atoms with Gasteiger partial charge in [0.05, 0.1) is 0 Å². The Morgan fingerprint density at radius 1 is 1.03 bits per heavy atom. The van der Waals surface area contributed by atoms with Crippen molar-refractivity contribution in [3.63, 3.8) is 0 Å². The van der Waals surface area contributed by atoms with Crippen molar-refractivity contribution < 1.29 is 19.1 Å². The summed E-state index contributed by atoms with van der Waals surface area (Å²) in [5, 5.41) is 2.96. The van der Waals surface area contributed by atoms with Crippen molar-refractivity contribution >= 4 is 17.5 Å². The molecule has 1 N–H and O–H groups in total. The van der Waals surface area contributed by atoms with E-state index in [-0.39, 0.29) is 17.9 Å².